The van der Waals surface area contributed by atoms with Crippen molar-refractivity contribution < 1.29 is 4.79 Å². The average Bonchev–Trinajstić information content (AvgIpc) is 2.96. The van der Waals surface area contributed by atoms with Gasteiger partial charge in [0.15, 0.2) is 0 Å². The first-order chi connectivity index (χ1) is 9.70. The number of amides is 1. The molecule has 0 aliphatic heterocycles. The van der Waals surface area contributed by atoms with Crippen molar-refractivity contribution in [2.45, 2.75) is 26.8 Å². The average molecular weight is 289 g/mol. The number of aryl methyl sites for hydroxylation is 1. The Labute approximate surface area is 123 Å². The molecule has 0 fully saturated rings. The fourth-order valence-electron chi connectivity index (χ4n) is 1.85. The van der Waals surface area contributed by atoms with Crippen LogP contribution in [-0.4, -0.2) is 17.4 Å². The number of carbonyl (C=O) groups excluding carboxylic acids is 1. The zero-order chi connectivity index (χ0) is 14.4. The number of thiazole rings is 1. The lowest BCUT2D eigenvalue weighted by molar-refractivity contribution is 0.0951. The Morgan fingerprint density at radius 1 is 1.40 bits per heavy atom. The summed E-state index contributed by atoms with van der Waals surface area (Å²) in [4.78, 5) is 16.5. The number of hydrogen-bond donors (Lipinski definition) is 2. The highest BCUT2D eigenvalue weighted by Gasteiger charge is 2.11. The molecule has 2 N–H and O–H groups in total. The second-order valence-electron chi connectivity index (χ2n) is 4.64. The zero-order valence-electron chi connectivity index (χ0n) is 11.8. The fraction of sp³-hybridized carbons (Fsp3) is 0.333. The van der Waals surface area contributed by atoms with E-state index in [0.29, 0.717) is 12.1 Å². The molecule has 0 atom stereocenters. The number of rotatable bonds is 6. The molecule has 1 heterocycles. The van der Waals surface area contributed by atoms with Gasteiger partial charge in [-0.1, -0.05) is 18.6 Å². The maximum Gasteiger partial charge on any atom is 0.253 e. The summed E-state index contributed by atoms with van der Waals surface area (Å²) >= 11 is 1.53. The van der Waals surface area contributed by atoms with E-state index in [2.05, 4.69) is 22.5 Å². The van der Waals surface area contributed by atoms with Crippen molar-refractivity contribution in [1.29, 1.82) is 0 Å². The molecule has 0 aliphatic rings. The van der Waals surface area contributed by atoms with Gasteiger partial charge in [-0.3, -0.25) is 4.79 Å². The molecule has 0 saturated carbocycles. The third-order valence-electron chi connectivity index (χ3n) is 2.90. The van der Waals surface area contributed by atoms with Crippen LogP contribution in [-0.2, 0) is 6.54 Å². The molecule has 0 aliphatic carbocycles. The number of nitrogens with zero attached hydrogens (tertiary/aromatic N) is 1. The van der Waals surface area contributed by atoms with E-state index in [1.807, 2.05) is 30.5 Å². The highest BCUT2D eigenvalue weighted by atomic mass is 32.1. The topological polar surface area (TPSA) is 54.0 Å². The van der Waals surface area contributed by atoms with Crippen molar-refractivity contribution in [3.63, 3.8) is 0 Å². The highest BCUT2D eigenvalue weighted by molar-refractivity contribution is 7.07. The quantitative estimate of drug-likeness (QED) is 0.858. The summed E-state index contributed by atoms with van der Waals surface area (Å²) in [5.41, 5.74) is 5.30. The van der Waals surface area contributed by atoms with Gasteiger partial charge in [-0.25, -0.2) is 4.98 Å². The third kappa shape index (κ3) is 3.81. The minimum atomic E-state index is -0.0692. The molecule has 1 aromatic heterocycles. The van der Waals surface area contributed by atoms with Gasteiger partial charge in [0.1, 0.15) is 0 Å². The normalized spacial score (nSPS) is 10.3. The number of carbonyl (C=O) groups is 1. The molecular formula is C15H19N3OS. The van der Waals surface area contributed by atoms with Gasteiger partial charge in [0.25, 0.3) is 5.91 Å². The van der Waals surface area contributed by atoms with Gasteiger partial charge in [-0.05, 0) is 25.5 Å². The van der Waals surface area contributed by atoms with Crippen molar-refractivity contribution in [2.24, 2.45) is 0 Å². The van der Waals surface area contributed by atoms with E-state index in [4.69, 9.17) is 0 Å². The minimum absolute atomic E-state index is 0.0692. The molecule has 1 aromatic carbocycles. The van der Waals surface area contributed by atoms with Crippen LogP contribution in [0.4, 0.5) is 5.69 Å². The van der Waals surface area contributed by atoms with Gasteiger partial charge in [0.05, 0.1) is 23.3 Å². The molecule has 1 amide bonds. The monoisotopic (exact) mass is 289 g/mol. The van der Waals surface area contributed by atoms with Crippen molar-refractivity contribution in [3.8, 4) is 0 Å². The van der Waals surface area contributed by atoms with Gasteiger partial charge < -0.3 is 10.6 Å². The summed E-state index contributed by atoms with van der Waals surface area (Å²) in [5, 5.41) is 8.14. The molecule has 0 spiro atoms. The van der Waals surface area contributed by atoms with E-state index in [1.165, 1.54) is 11.3 Å². The number of nitrogens with one attached hydrogen (secondary N) is 2. The molecule has 106 valence electrons. The lowest BCUT2D eigenvalue weighted by atomic mass is 10.1. The van der Waals surface area contributed by atoms with Crippen LogP contribution in [0, 0.1) is 6.92 Å². The van der Waals surface area contributed by atoms with Crippen molar-refractivity contribution in [2.75, 3.05) is 11.9 Å². The van der Waals surface area contributed by atoms with Crippen LogP contribution in [0.15, 0.2) is 29.1 Å². The lowest BCUT2D eigenvalue weighted by Crippen LogP contribution is -2.24. The molecular weight excluding hydrogens is 270 g/mol. The molecule has 0 unspecified atom stereocenters. The van der Waals surface area contributed by atoms with Crippen molar-refractivity contribution in [1.82, 2.24) is 10.3 Å². The summed E-state index contributed by atoms with van der Waals surface area (Å²) in [6, 6.07) is 5.88. The van der Waals surface area contributed by atoms with Crippen LogP contribution >= 0.6 is 11.3 Å². The van der Waals surface area contributed by atoms with Gasteiger partial charge in [-0.2, -0.15) is 0 Å². The van der Waals surface area contributed by atoms with Gasteiger partial charge in [0, 0.05) is 17.6 Å². The second-order valence-corrected chi connectivity index (χ2v) is 5.36. The molecule has 5 heteroatoms. The predicted molar refractivity (Wildman–Crippen MR) is 83.2 cm³/mol. The summed E-state index contributed by atoms with van der Waals surface area (Å²) in [6.45, 7) is 5.41. The van der Waals surface area contributed by atoms with Gasteiger partial charge in [-0.15, -0.1) is 11.3 Å². The largest absolute Gasteiger partial charge is 0.384 e. The van der Waals surface area contributed by atoms with Crippen molar-refractivity contribution >= 4 is 22.9 Å². The summed E-state index contributed by atoms with van der Waals surface area (Å²) in [7, 11) is 0. The Morgan fingerprint density at radius 3 is 2.95 bits per heavy atom. The highest BCUT2D eigenvalue weighted by Crippen LogP contribution is 2.17. The maximum atomic E-state index is 12.3. The van der Waals surface area contributed by atoms with Crippen LogP contribution in [0.3, 0.4) is 0 Å². The standard InChI is InChI=1S/C15H19N3OS/c1-3-6-16-14-5-4-11(2)7-13(14)15(19)17-8-12-9-20-10-18-12/h4-5,7,9-10,16H,3,6,8H2,1-2H3,(H,17,19). The van der Waals surface area contributed by atoms with E-state index < -0.39 is 0 Å². The Hall–Kier alpha value is -1.88. The second kappa shape index (κ2) is 7.05. The van der Waals surface area contributed by atoms with E-state index in [9.17, 15) is 4.79 Å². The summed E-state index contributed by atoms with van der Waals surface area (Å²) in [5.74, 6) is -0.0692. The Bertz CT molecular complexity index is 567. The minimum Gasteiger partial charge on any atom is -0.384 e. The van der Waals surface area contributed by atoms with E-state index in [-0.39, 0.29) is 5.91 Å². The van der Waals surface area contributed by atoms with Crippen LogP contribution < -0.4 is 10.6 Å². The predicted octanol–water partition coefficient (Wildman–Crippen LogP) is 3.20. The molecule has 4 nitrogen and oxygen atoms in total. The Balaban J connectivity index is 2.08. The van der Waals surface area contributed by atoms with Crippen LogP contribution in [0.5, 0.6) is 0 Å². The number of aromatic nitrogens is 1. The third-order valence-corrected chi connectivity index (χ3v) is 3.53. The Morgan fingerprint density at radius 2 is 2.25 bits per heavy atom. The number of benzene rings is 1. The molecule has 20 heavy (non-hydrogen) atoms. The first-order valence-electron chi connectivity index (χ1n) is 6.70. The number of hydrogen-bond acceptors (Lipinski definition) is 4. The molecule has 0 saturated heterocycles. The lowest BCUT2D eigenvalue weighted by Gasteiger charge is -2.12. The van der Waals surface area contributed by atoms with Gasteiger partial charge >= 0.3 is 0 Å². The van der Waals surface area contributed by atoms with Crippen LogP contribution in [0.1, 0.15) is 35.0 Å². The van der Waals surface area contributed by atoms with Crippen molar-refractivity contribution in [3.05, 3.63) is 45.9 Å². The van der Waals surface area contributed by atoms with E-state index in [1.54, 1.807) is 5.51 Å². The zero-order valence-corrected chi connectivity index (χ0v) is 12.6. The SMILES string of the molecule is CCCNc1ccc(C)cc1C(=O)NCc1cscn1. The van der Waals surface area contributed by atoms with Gasteiger partial charge in [0.2, 0.25) is 0 Å². The fourth-order valence-corrected chi connectivity index (χ4v) is 2.41. The molecule has 0 bridgehead atoms. The van der Waals surface area contributed by atoms with Crippen LogP contribution in [0.2, 0.25) is 0 Å². The summed E-state index contributed by atoms with van der Waals surface area (Å²) < 4.78 is 0. The number of anilines is 1. The van der Waals surface area contributed by atoms with Crippen LogP contribution in [0.25, 0.3) is 0 Å². The first-order valence-corrected chi connectivity index (χ1v) is 7.64. The van der Waals surface area contributed by atoms with E-state index >= 15 is 0 Å². The molecule has 0 radical (unpaired) electrons. The molecule has 2 rings (SSSR count). The Kier molecular flexibility index (Phi) is 5.12. The smallest absolute Gasteiger partial charge is 0.253 e. The maximum absolute atomic E-state index is 12.3. The first kappa shape index (κ1) is 14.5. The summed E-state index contributed by atoms with van der Waals surface area (Å²) in [6.07, 6.45) is 1.02. The molecule has 2 aromatic rings. The van der Waals surface area contributed by atoms with E-state index in [0.717, 1.165) is 29.9 Å².